The first-order valence-electron chi connectivity index (χ1n) is 19.0. The van der Waals surface area contributed by atoms with Crippen LogP contribution in [0.1, 0.15) is 90.0 Å². The Morgan fingerprint density at radius 3 is 2.60 bits per heavy atom. The normalized spacial score (nSPS) is 20.1. The van der Waals surface area contributed by atoms with Crippen molar-refractivity contribution in [3.8, 4) is 12.3 Å². The summed E-state index contributed by atoms with van der Waals surface area (Å²) in [5.74, 6) is 4.10. The Hall–Kier alpha value is -5.98. The molecule has 0 amide bonds. The van der Waals surface area contributed by atoms with E-state index in [1.807, 2.05) is 6.92 Å². The van der Waals surface area contributed by atoms with E-state index in [0.717, 1.165) is 65.7 Å². The molecule has 4 aliphatic carbocycles. The number of fused-ring (bicyclic) bond motifs is 6. The average molecular weight is 686 g/mol. The zero-order valence-corrected chi connectivity index (χ0v) is 30.6. The summed E-state index contributed by atoms with van der Waals surface area (Å²) in [7, 11) is 0. The minimum atomic E-state index is 0.322. The predicted molar refractivity (Wildman–Crippen MR) is 224 cm³/mol. The van der Waals surface area contributed by atoms with E-state index in [1.165, 1.54) is 51.2 Å². The molecule has 0 saturated heterocycles. The number of hydrogen-bond acceptors (Lipinski definition) is 2. The zero-order valence-electron chi connectivity index (χ0n) is 30.6. The maximum atomic E-state index is 6.00. The lowest BCUT2D eigenvalue weighted by Gasteiger charge is -2.30. The molecule has 9 rings (SSSR count). The van der Waals surface area contributed by atoms with Gasteiger partial charge in [-0.3, -0.25) is 0 Å². The molecule has 2 atom stereocenters. The number of para-hydroxylation sites is 1. The number of terminal acetylenes is 1. The van der Waals surface area contributed by atoms with Gasteiger partial charge in [-0.15, -0.1) is 6.42 Å². The highest BCUT2D eigenvalue weighted by molar-refractivity contribution is 6.15. The molecule has 0 fully saturated rings. The van der Waals surface area contributed by atoms with Gasteiger partial charge in [0.05, 0.1) is 11.7 Å². The Balaban J connectivity index is 1.12. The highest BCUT2D eigenvalue weighted by Crippen LogP contribution is 2.49. The van der Waals surface area contributed by atoms with Crippen molar-refractivity contribution in [1.29, 1.82) is 0 Å². The molecule has 0 radical (unpaired) electrons. The lowest BCUT2D eigenvalue weighted by atomic mass is 9.86. The fourth-order valence-corrected chi connectivity index (χ4v) is 9.12. The fraction of sp³-hybridized carbons (Fsp3) is 0.200. The van der Waals surface area contributed by atoms with E-state index in [1.54, 1.807) is 5.57 Å². The Morgan fingerprint density at radius 1 is 0.906 bits per heavy atom. The quantitative estimate of drug-likeness (QED) is 0.0859. The number of benzene rings is 4. The number of anilines is 2. The summed E-state index contributed by atoms with van der Waals surface area (Å²) in [6.45, 7) is 8.63. The second-order valence-electron chi connectivity index (χ2n) is 14.7. The van der Waals surface area contributed by atoms with E-state index in [2.05, 4.69) is 146 Å². The monoisotopic (exact) mass is 685 g/mol. The molecule has 2 unspecified atom stereocenters. The van der Waals surface area contributed by atoms with E-state index < -0.39 is 0 Å². The number of rotatable bonds is 6. The third kappa shape index (κ3) is 5.71. The number of allylic oxidation sites excluding steroid dienone is 9. The van der Waals surface area contributed by atoms with E-state index in [9.17, 15) is 0 Å². The van der Waals surface area contributed by atoms with Gasteiger partial charge in [0.1, 0.15) is 0 Å². The molecule has 53 heavy (non-hydrogen) atoms. The largest absolute Gasteiger partial charge is 0.334 e. The second-order valence-corrected chi connectivity index (χ2v) is 14.7. The van der Waals surface area contributed by atoms with Gasteiger partial charge in [0.2, 0.25) is 0 Å². The van der Waals surface area contributed by atoms with Crippen molar-refractivity contribution in [2.24, 2.45) is 9.98 Å². The Bertz CT molecular complexity index is 2450. The van der Waals surface area contributed by atoms with Crippen molar-refractivity contribution in [2.45, 2.75) is 64.3 Å². The number of hydrogen-bond donors (Lipinski definition) is 0. The van der Waals surface area contributed by atoms with Crippen LogP contribution in [0.4, 0.5) is 11.4 Å². The van der Waals surface area contributed by atoms with Crippen LogP contribution in [0, 0.1) is 12.3 Å². The van der Waals surface area contributed by atoms with Gasteiger partial charge in [0, 0.05) is 46.1 Å². The van der Waals surface area contributed by atoms with Crippen molar-refractivity contribution in [2.75, 3.05) is 4.90 Å². The number of nitrogens with zero attached hydrogens (tertiary/aromatic N) is 3. The fourth-order valence-electron chi connectivity index (χ4n) is 9.12. The Morgan fingerprint density at radius 2 is 1.75 bits per heavy atom. The van der Waals surface area contributed by atoms with Crippen molar-refractivity contribution in [1.82, 2.24) is 0 Å². The molecule has 1 aliphatic heterocycles. The predicted octanol–water partition coefficient (Wildman–Crippen LogP) is 11.7. The van der Waals surface area contributed by atoms with Gasteiger partial charge in [0.25, 0.3) is 0 Å². The van der Waals surface area contributed by atoms with E-state index >= 15 is 0 Å². The lowest BCUT2D eigenvalue weighted by molar-refractivity contribution is 0.573. The summed E-state index contributed by atoms with van der Waals surface area (Å²) >= 11 is 0. The van der Waals surface area contributed by atoms with Crippen molar-refractivity contribution >= 4 is 39.8 Å². The summed E-state index contributed by atoms with van der Waals surface area (Å²) in [4.78, 5) is 13.1. The van der Waals surface area contributed by atoms with Crippen LogP contribution in [0.2, 0.25) is 0 Å². The van der Waals surface area contributed by atoms with Gasteiger partial charge in [-0.25, -0.2) is 9.98 Å². The minimum absolute atomic E-state index is 0.322. The van der Waals surface area contributed by atoms with Crippen LogP contribution in [0.3, 0.4) is 0 Å². The summed E-state index contributed by atoms with van der Waals surface area (Å²) < 4.78 is 0. The molecular formula is C50H43N3. The highest BCUT2D eigenvalue weighted by atomic mass is 15.2. The maximum absolute atomic E-state index is 6.00. The molecule has 0 spiro atoms. The smallest absolute Gasteiger partial charge is 0.160 e. The first-order valence-corrected chi connectivity index (χ1v) is 19.0. The molecule has 1 heterocycles. The number of aliphatic imine (C=N–C) groups is 2. The molecule has 3 nitrogen and oxygen atoms in total. The van der Waals surface area contributed by atoms with Gasteiger partial charge in [-0.2, -0.15) is 0 Å². The van der Waals surface area contributed by atoms with Crippen molar-refractivity contribution < 1.29 is 0 Å². The average Bonchev–Trinajstić information content (AvgIpc) is 3.87. The van der Waals surface area contributed by atoms with Crippen LogP contribution < -0.4 is 4.90 Å². The molecule has 0 N–H and O–H groups in total. The van der Waals surface area contributed by atoms with Crippen molar-refractivity contribution in [3.05, 3.63) is 184 Å². The summed E-state index contributed by atoms with van der Waals surface area (Å²) in [6, 6.07) is 31.1. The molecule has 3 heteroatoms. The molecule has 0 saturated carbocycles. The van der Waals surface area contributed by atoms with Gasteiger partial charge < -0.3 is 4.90 Å². The van der Waals surface area contributed by atoms with Gasteiger partial charge in [-0.1, -0.05) is 103 Å². The molecular weight excluding hydrogens is 643 g/mol. The molecule has 4 aromatic carbocycles. The molecule has 0 bridgehead atoms. The van der Waals surface area contributed by atoms with Crippen LogP contribution in [0.15, 0.2) is 149 Å². The van der Waals surface area contributed by atoms with Crippen LogP contribution >= 0.6 is 0 Å². The molecule has 4 aromatic rings. The third-order valence-corrected chi connectivity index (χ3v) is 11.6. The van der Waals surface area contributed by atoms with Crippen LogP contribution in [-0.4, -0.2) is 17.6 Å². The van der Waals surface area contributed by atoms with Crippen LogP contribution in [-0.2, 0) is 12.8 Å². The van der Waals surface area contributed by atoms with Gasteiger partial charge in [0.15, 0.2) is 5.84 Å². The SMILES string of the molecule is C#CC1=C(/C=C\C)c2c(cccc2/C(C)=N/C(=N\C(=C)c2ccc3c(c2)CC2=C3C=CCC2)c2ccc(N3c4ccccc4C4CCC=CC43)cc2)C1. The molecule has 5 aliphatic rings. The first-order chi connectivity index (χ1) is 26.0. The molecule has 258 valence electrons. The van der Waals surface area contributed by atoms with E-state index in [-0.39, 0.29) is 0 Å². The highest BCUT2D eigenvalue weighted by Gasteiger charge is 2.38. The van der Waals surface area contributed by atoms with E-state index in [0.29, 0.717) is 23.5 Å². The zero-order chi connectivity index (χ0) is 36.1. The lowest BCUT2D eigenvalue weighted by Crippen LogP contribution is -2.29. The van der Waals surface area contributed by atoms with Crippen LogP contribution in [0.25, 0.3) is 16.8 Å². The number of amidine groups is 1. The van der Waals surface area contributed by atoms with Crippen molar-refractivity contribution in [3.63, 3.8) is 0 Å². The summed E-state index contributed by atoms with van der Waals surface area (Å²) in [6.07, 6.45) is 25.9. The molecule has 0 aromatic heterocycles. The standard InChI is InChI=1S/C50H43N3/c1-5-14-44-34(6-2)29-38-16-13-20-41(49(38)44)33(4)52-50(51-32(3)36-25-28-43-39(30-36)31-37-15-7-8-17-42(37)43)35-23-26-40(27-24-35)53-47-21-11-9-18-45(47)46-19-10-12-22-48(46)53/h2,5,8-9,11-14,16-18,20-28,30,46,48H,3,7,10,15,19,29,31H2,1,4H3/b14-5-,51-50-,52-33+. The first kappa shape index (κ1) is 32.9. The van der Waals surface area contributed by atoms with E-state index in [4.69, 9.17) is 16.4 Å². The summed E-state index contributed by atoms with van der Waals surface area (Å²) in [5, 5.41) is 0. The van der Waals surface area contributed by atoms with Gasteiger partial charge >= 0.3 is 0 Å². The third-order valence-electron chi connectivity index (χ3n) is 11.6. The summed E-state index contributed by atoms with van der Waals surface area (Å²) in [5.41, 5.74) is 18.7. The minimum Gasteiger partial charge on any atom is -0.334 e. The van der Waals surface area contributed by atoms with Crippen LogP contribution in [0.5, 0.6) is 0 Å². The Kier molecular flexibility index (Phi) is 8.40. The maximum Gasteiger partial charge on any atom is 0.160 e. The Labute approximate surface area is 313 Å². The van der Waals surface area contributed by atoms with Gasteiger partial charge in [-0.05, 0) is 127 Å². The second kappa shape index (κ2) is 13.5. The topological polar surface area (TPSA) is 28.0 Å².